The number of benzene rings is 1. The molecule has 0 radical (unpaired) electrons. The molecule has 4 rings (SSSR count). The van der Waals surface area contributed by atoms with Gasteiger partial charge in [0.05, 0.1) is 12.2 Å². The molecule has 1 aliphatic heterocycles. The SMILES string of the molecule is Cn1ncc2c(=O)n(CC(=O)NCC(c3ccccc3Cl)N3CCCC3)cnc21. The lowest BCUT2D eigenvalue weighted by molar-refractivity contribution is -0.122. The molecule has 3 aromatic rings. The second-order valence-corrected chi connectivity index (χ2v) is 7.67. The summed E-state index contributed by atoms with van der Waals surface area (Å²) in [5.74, 6) is -0.242. The Morgan fingerprint density at radius 2 is 2.03 bits per heavy atom. The molecule has 1 aliphatic rings. The zero-order valence-electron chi connectivity index (χ0n) is 16.2. The average molecular weight is 415 g/mol. The largest absolute Gasteiger partial charge is 0.353 e. The number of carbonyl (C=O) groups excluding carboxylic acids is 1. The molecule has 1 fully saturated rings. The van der Waals surface area contributed by atoms with E-state index in [0.29, 0.717) is 22.6 Å². The Kier molecular flexibility index (Phi) is 5.64. The summed E-state index contributed by atoms with van der Waals surface area (Å²) in [4.78, 5) is 31.7. The van der Waals surface area contributed by atoms with Gasteiger partial charge in [0.25, 0.3) is 5.56 Å². The predicted octanol–water partition coefficient (Wildman–Crippen LogP) is 1.74. The first-order chi connectivity index (χ1) is 14.0. The number of halogens is 1. The van der Waals surface area contributed by atoms with Crippen molar-refractivity contribution in [3.63, 3.8) is 0 Å². The lowest BCUT2D eigenvalue weighted by atomic mass is 10.1. The Hall–Kier alpha value is -2.71. The van der Waals surface area contributed by atoms with Gasteiger partial charge in [0.2, 0.25) is 5.91 Å². The Morgan fingerprint density at radius 1 is 1.28 bits per heavy atom. The van der Waals surface area contributed by atoms with Crippen LogP contribution in [0.2, 0.25) is 5.02 Å². The maximum atomic E-state index is 12.6. The highest BCUT2D eigenvalue weighted by atomic mass is 35.5. The molecule has 3 heterocycles. The molecule has 29 heavy (non-hydrogen) atoms. The van der Waals surface area contributed by atoms with Gasteiger partial charge in [-0.15, -0.1) is 0 Å². The zero-order chi connectivity index (χ0) is 20.4. The van der Waals surface area contributed by atoms with Gasteiger partial charge in [-0.2, -0.15) is 5.10 Å². The number of rotatable bonds is 6. The fourth-order valence-electron chi connectivity index (χ4n) is 3.83. The van der Waals surface area contributed by atoms with Crippen LogP contribution in [0.15, 0.2) is 41.6 Å². The molecule has 0 spiro atoms. The second-order valence-electron chi connectivity index (χ2n) is 7.27. The maximum Gasteiger partial charge on any atom is 0.264 e. The van der Waals surface area contributed by atoms with Gasteiger partial charge in [0.15, 0.2) is 5.65 Å². The van der Waals surface area contributed by atoms with E-state index >= 15 is 0 Å². The van der Waals surface area contributed by atoms with Crippen molar-refractivity contribution in [2.45, 2.75) is 25.4 Å². The van der Waals surface area contributed by atoms with E-state index in [1.165, 1.54) is 21.8 Å². The van der Waals surface area contributed by atoms with Gasteiger partial charge in [-0.1, -0.05) is 29.8 Å². The number of nitrogens with one attached hydrogen (secondary N) is 1. The van der Waals surface area contributed by atoms with Gasteiger partial charge in [0.1, 0.15) is 18.3 Å². The van der Waals surface area contributed by atoms with E-state index in [9.17, 15) is 9.59 Å². The molecule has 0 bridgehead atoms. The van der Waals surface area contributed by atoms with Crippen LogP contribution in [-0.2, 0) is 18.4 Å². The Bertz CT molecular complexity index is 1090. The monoisotopic (exact) mass is 414 g/mol. The van der Waals surface area contributed by atoms with Crippen molar-refractivity contribution >= 4 is 28.5 Å². The van der Waals surface area contributed by atoms with Crippen LogP contribution in [-0.4, -0.2) is 49.8 Å². The van der Waals surface area contributed by atoms with Gasteiger partial charge in [-0.3, -0.25) is 23.7 Å². The minimum absolute atomic E-state index is 0.00537. The fraction of sp³-hybridized carbons (Fsp3) is 0.400. The van der Waals surface area contributed by atoms with Crippen LogP contribution in [0.5, 0.6) is 0 Å². The molecule has 1 amide bonds. The topological polar surface area (TPSA) is 85.0 Å². The smallest absolute Gasteiger partial charge is 0.264 e. The molecule has 8 nitrogen and oxygen atoms in total. The first kappa shape index (κ1) is 19.6. The maximum absolute atomic E-state index is 12.6. The fourth-order valence-corrected chi connectivity index (χ4v) is 4.10. The number of nitrogens with zero attached hydrogens (tertiary/aromatic N) is 5. The number of carbonyl (C=O) groups is 1. The average Bonchev–Trinajstić information content (AvgIpc) is 3.36. The van der Waals surface area contributed by atoms with Gasteiger partial charge in [-0.25, -0.2) is 4.98 Å². The third-order valence-electron chi connectivity index (χ3n) is 5.37. The molecule has 9 heteroatoms. The summed E-state index contributed by atoms with van der Waals surface area (Å²) in [5.41, 5.74) is 1.23. The van der Waals surface area contributed by atoms with Crippen LogP contribution in [0, 0.1) is 0 Å². The second kappa shape index (κ2) is 8.34. The summed E-state index contributed by atoms with van der Waals surface area (Å²) in [6, 6.07) is 7.74. The van der Waals surface area contributed by atoms with E-state index in [2.05, 4.69) is 20.3 Å². The van der Waals surface area contributed by atoms with Crippen LogP contribution in [0.25, 0.3) is 11.0 Å². The van der Waals surface area contributed by atoms with Crippen molar-refractivity contribution in [2.75, 3.05) is 19.6 Å². The van der Waals surface area contributed by atoms with Crippen molar-refractivity contribution in [3.05, 3.63) is 57.7 Å². The highest BCUT2D eigenvalue weighted by Gasteiger charge is 2.25. The molecule has 1 saturated heterocycles. The van der Waals surface area contributed by atoms with Crippen LogP contribution < -0.4 is 10.9 Å². The third kappa shape index (κ3) is 4.04. The lowest BCUT2D eigenvalue weighted by Crippen LogP contribution is -2.39. The van der Waals surface area contributed by atoms with E-state index in [0.717, 1.165) is 31.5 Å². The number of amides is 1. The first-order valence-electron chi connectivity index (χ1n) is 9.67. The number of aromatic nitrogens is 4. The van der Waals surface area contributed by atoms with Crippen LogP contribution in [0.1, 0.15) is 24.4 Å². The summed E-state index contributed by atoms with van der Waals surface area (Å²) >= 11 is 6.42. The van der Waals surface area contributed by atoms with E-state index in [4.69, 9.17) is 11.6 Å². The summed E-state index contributed by atoms with van der Waals surface area (Å²) in [6.45, 7) is 2.30. The quantitative estimate of drug-likeness (QED) is 0.664. The van der Waals surface area contributed by atoms with Crippen molar-refractivity contribution < 1.29 is 4.79 Å². The minimum atomic E-state index is -0.277. The van der Waals surface area contributed by atoms with Crippen LogP contribution in [0.3, 0.4) is 0 Å². The van der Waals surface area contributed by atoms with Crippen LogP contribution in [0.4, 0.5) is 0 Å². The summed E-state index contributed by atoms with van der Waals surface area (Å²) in [5, 5.41) is 8.10. The van der Waals surface area contributed by atoms with E-state index in [1.807, 2.05) is 24.3 Å². The zero-order valence-corrected chi connectivity index (χ0v) is 17.0. The first-order valence-corrected chi connectivity index (χ1v) is 10.0. The molecule has 1 atom stereocenters. The Balaban J connectivity index is 1.48. The molecule has 1 N–H and O–H groups in total. The predicted molar refractivity (Wildman–Crippen MR) is 111 cm³/mol. The molecule has 0 saturated carbocycles. The number of hydrogen-bond acceptors (Lipinski definition) is 5. The molecular formula is C20H23ClN6O2. The summed E-state index contributed by atoms with van der Waals surface area (Å²) in [7, 11) is 1.72. The summed E-state index contributed by atoms with van der Waals surface area (Å²) in [6.07, 6.45) is 5.14. The Labute approximate surface area is 173 Å². The van der Waals surface area contributed by atoms with Gasteiger partial charge >= 0.3 is 0 Å². The standard InChI is InChI=1S/C20H23ClN6O2/c1-25-19-15(10-24-25)20(29)27(13-23-19)12-18(28)22-11-17(26-8-4-5-9-26)14-6-2-3-7-16(14)21/h2-3,6-7,10,13,17H,4-5,8-9,11-12H2,1H3,(H,22,28). The molecule has 2 aromatic heterocycles. The highest BCUT2D eigenvalue weighted by Crippen LogP contribution is 2.29. The molecule has 0 aliphatic carbocycles. The van der Waals surface area contributed by atoms with Crippen molar-refractivity contribution in [3.8, 4) is 0 Å². The molecule has 152 valence electrons. The van der Waals surface area contributed by atoms with Crippen molar-refractivity contribution in [2.24, 2.45) is 7.05 Å². The van der Waals surface area contributed by atoms with Crippen molar-refractivity contribution in [1.82, 2.24) is 29.5 Å². The number of likely N-dealkylation sites (tertiary alicyclic amines) is 1. The third-order valence-corrected chi connectivity index (χ3v) is 5.71. The minimum Gasteiger partial charge on any atom is -0.353 e. The van der Waals surface area contributed by atoms with Crippen molar-refractivity contribution in [1.29, 1.82) is 0 Å². The Morgan fingerprint density at radius 3 is 2.79 bits per heavy atom. The number of hydrogen-bond donors (Lipinski definition) is 1. The van der Waals surface area contributed by atoms with Gasteiger partial charge in [0, 0.05) is 18.6 Å². The molecular weight excluding hydrogens is 392 g/mol. The number of fused-ring (bicyclic) bond motifs is 1. The van der Waals surface area contributed by atoms with E-state index in [-0.39, 0.29) is 24.1 Å². The molecule has 1 unspecified atom stereocenters. The molecule has 1 aromatic carbocycles. The summed E-state index contributed by atoms with van der Waals surface area (Å²) < 4.78 is 2.84. The lowest BCUT2D eigenvalue weighted by Gasteiger charge is -2.29. The normalized spacial score (nSPS) is 15.7. The highest BCUT2D eigenvalue weighted by molar-refractivity contribution is 6.31. The van der Waals surface area contributed by atoms with Crippen LogP contribution >= 0.6 is 11.6 Å². The van der Waals surface area contributed by atoms with Gasteiger partial charge < -0.3 is 5.32 Å². The van der Waals surface area contributed by atoms with E-state index in [1.54, 1.807) is 7.05 Å². The van der Waals surface area contributed by atoms with Gasteiger partial charge in [-0.05, 0) is 37.6 Å². The number of aryl methyl sites for hydroxylation is 1. The van der Waals surface area contributed by atoms with E-state index < -0.39 is 0 Å².